The van der Waals surface area contributed by atoms with Gasteiger partial charge in [0.25, 0.3) is 0 Å². The number of benzene rings is 2. The first kappa shape index (κ1) is 17.3. The maximum Gasteiger partial charge on any atom is 0.237 e. The monoisotopic (exact) mass is 340 g/mol. The number of ether oxygens (including phenoxy) is 2. The molecular formula is C20H24N2O3. The fourth-order valence-corrected chi connectivity index (χ4v) is 3.10. The predicted octanol–water partition coefficient (Wildman–Crippen LogP) is 2.47. The molecule has 0 bridgehead atoms. The Hall–Kier alpha value is -2.53. The zero-order valence-electron chi connectivity index (χ0n) is 14.6. The van der Waals surface area contributed by atoms with E-state index in [0.717, 1.165) is 36.4 Å². The van der Waals surface area contributed by atoms with E-state index in [1.54, 1.807) is 14.2 Å². The van der Waals surface area contributed by atoms with E-state index in [1.807, 2.05) is 36.4 Å². The van der Waals surface area contributed by atoms with Gasteiger partial charge in [-0.25, -0.2) is 0 Å². The molecule has 25 heavy (non-hydrogen) atoms. The molecular weight excluding hydrogens is 316 g/mol. The van der Waals surface area contributed by atoms with Crippen LogP contribution in [0, 0.1) is 0 Å². The van der Waals surface area contributed by atoms with E-state index >= 15 is 0 Å². The van der Waals surface area contributed by atoms with Crippen molar-refractivity contribution in [3.05, 3.63) is 59.7 Å². The van der Waals surface area contributed by atoms with Crippen molar-refractivity contribution < 1.29 is 14.3 Å². The van der Waals surface area contributed by atoms with Crippen molar-refractivity contribution in [1.82, 2.24) is 10.6 Å². The lowest BCUT2D eigenvalue weighted by atomic mass is 9.97. The largest absolute Gasteiger partial charge is 0.497 e. The van der Waals surface area contributed by atoms with Crippen molar-refractivity contribution in [3.63, 3.8) is 0 Å². The van der Waals surface area contributed by atoms with Crippen LogP contribution in [-0.4, -0.2) is 32.7 Å². The molecule has 5 nitrogen and oxygen atoms in total. The van der Waals surface area contributed by atoms with Crippen LogP contribution >= 0.6 is 0 Å². The molecule has 3 rings (SSSR count). The first-order valence-electron chi connectivity index (χ1n) is 8.50. The number of carbonyl (C=O) groups excluding carboxylic acids is 1. The first-order chi connectivity index (χ1) is 12.2. The van der Waals surface area contributed by atoms with Crippen molar-refractivity contribution in [2.75, 3.05) is 20.8 Å². The molecule has 1 saturated heterocycles. The van der Waals surface area contributed by atoms with Crippen LogP contribution in [0.1, 0.15) is 23.6 Å². The van der Waals surface area contributed by atoms with Crippen LogP contribution in [-0.2, 0) is 11.2 Å². The summed E-state index contributed by atoms with van der Waals surface area (Å²) in [5, 5.41) is 6.40. The summed E-state index contributed by atoms with van der Waals surface area (Å²) >= 11 is 0. The lowest BCUT2D eigenvalue weighted by molar-refractivity contribution is -0.121. The van der Waals surface area contributed by atoms with Gasteiger partial charge in [-0.05, 0) is 48.2 Å². The van der Waals surface area contributed by atoms with E-state index in [-0.39, 0.29) is 18.0 Å². The van der Waals surface area contributed by atoms with E-state index in [1.165, 1.54) is 5.56 Å². The van der Waals surface area contributed by atoms with Gasteiger partial charge < -0.3 is 14.8 Å². The molecule has 2 N–H and O–H groups in total. The van der Waals surface area contributed by atoms with Gasteiger partial charge in [0.05, 0.1) is 20.3 Å². The molecule has 1 heterocycles. The number of nitrogens with one attached hydrogen (secondary N) is 2. The SMILES string of the molecule is COc1ccc(C[C@@H](N[C@@H]2CCNC2=O)c2ccc(OC)cc2)cc1. The lowest BCUT2D eigenvalue weighted by Crippen LogP contribution is -2.39. The third-order valence-corrected chi connectivity index (χ3v) is 4.57. The zero-order valence-corrected chi connectivity index (χ0v) is 14.6. The number of hydrogen-bond donors (Lipinski definition) is 2. The van der Waals surface area contributed by atoms with Gasteiger partial charge in [-0.2, -0.15) is 0 Å². The molecule has 0 unspecified atom stereocenters. The molecule has 5 heteroatoms. The maximum atomic E-state index is 12.0. The topological polar surface area (TPSA) is 59.6 Å². The second-order valence-electron chi connectivity index (χ2n) is 6.18. The zero-order chi connectivity index (χ0) is 17.6. The molecule has 1 fully saturated rings. The highest BCUT2D eigenvalue weighted by molar-refractivity contribution is 5.83. The molecule has 1 amide bonds. The van der Waals surface area contributed by atoms with Crippen molar-refractivity contribution in [2.45, 2.75) is 24.9 Å². The standard InChI is InChI=1S/C20H24N2O3/c1-24-16-7-3-14(4-8-16)13-19(22-18-11-12-21-20(18)23)15-5-9-17(25-2)10-6-15/h3-10,18-19,22H,11-13H2,1-2H3,(H,21,23)/t18-,19-/m1/s1. The number of rotatable bonds is 7. The van der Waals surface area contributed by atoms with E-state index in [2.05, 4.69) is 22.8 Å². The molecule has 2 aromatic rings. The molecule has 0 aromatic heterocycles. The number of hydrogen-bond acceptors (Lipinski definition) is 4. The van der Waals surface area contributed by atoms with Crippen LogP contribution in [0.3, 0.4) is 0 Å². The van der Waals surface area contributed by atoms with E-state index in [9.17, 15) is 4.79 Å². The van der Waals surface area contributed by atoms with Crippen molar-refractivity contribution in [1.29, 1.82) is 0 Å². The van der Waals surface area contributed by atoms with Gasteiger partial charge in [-0.3, -0.25) is 10.1 Å². The van der Waals surface area contributed by atoms with Crippen molar-refractivity contribution >= 4 is 5.91 Å². The summed E-state index contributed by atoms with van der Waals surface area (Å²) in [6, 6.07) is 15.9. The third-order valence-electron chi connectivity index (χ3n) is 4.57. The van der Waals surface area contributed by atoms with E-state index in [4.69, 9.17) is 9.47 Å². The molecule has 0 aliphatic carbocycles. The molecule has 2 aromatic carbocycles. The molecule has 0 radical (unpaired) electrons. The Kier molecular flexibility index (Phi) is 5.56. The summed E-state index contributed by atoms with van der Waals surface area (Å²) < 4.78 is 10.5. The second-order valence-corrected chi connectivity index (χ2v) is 6.18. The van der Waals surface area contributed by atoms with Gasteiger partial charge in [0, 0.05) is 12.6 Å². The van der Waals surface area contributed by atoms with Crippen LogP contribution in [0.2, 0.25) is 0 Å². The van der Waals surface area contributed by atoms with Crippen LogP contribution in [0.25, 0.3) is 0 Å². The minimum atomic E-state index is -0.148. The van der Waals surface area contributed by atoms with Crippen LogP contribution in [0.4, 0.5) is 0 Å². The Morgan fingerprint density at radius 2 is 1.64 bits per heavy atom. The Morgan fingerprint density at radius 3 is 2.16 bits per heavy atom. The highest BCUT2D eigenvalue weighted by atomic mass is 16.5. The van der Waals surface area contributed by atoms with Gasteiger partial charge in [0.1, 0.15) is 11.5 Å². The minimum absolute atomic E-state index is 0.0492. The van der Waals surface area contributed by atoms with Gasteiger partial charge >= 0.3 is 0 Å². The smallest absolute Gasteiger partial charge is 0.237 e. The first-order valence-corrected chi connectivity index (χ1v) is 8.50. The summed E-state index contributed by atoms with van der Waals surface area (Å²) in [6.45, 7) is 0.731. The Balaban J connectivity index is 1.80. The summed E-state index contributed by atoms with van der Waals surface area (Å²) in [5.41, 5.74) is 2.32. The Morgan fingerprint density at radius 1 is 1.04 bits per heavy atom. The fourth-order valence-electron chi connectivity index (χ4n) is 3.10. The Bertz CT molecular complexity index is 698. The quantitative estimate of drug-likeness (QED) is 0.813. The van der Waals surface area contributed by atoms with Crippen molar-refractivity contribution in [2.24, 2.45) is 0 Å². The molecule has 1 aliphatic heterocycles. The molecule has 2 atom stereocenters. The lowest BCUT2D eigenvalue weighted by Gasteiger charge is -2.23. The normalized spacial score (nSPS) is 17.8. The third kappa shape index (κ3) is 4.31. The molecule has 132 valence electrons. The van der Waals surface area contributed by atoms with E-state index < -0.39 is 0 Å². The average Bonchev–Trinajstić information content (AvgIpc) is 3.06. The fraction of sp³-hybridized carbons (Fsp3) is 0.350. The highest BCUT2D eigenvalue weighted by Gasteiger charge is 2.27. The summed E-state index contributed by atoms with van der Waals surface area (Å²) in [4.78, 5) is 12.0. The maximum absolute atomic E-state index is 12.0. The molecule has 1 aliphatic rings. The van der Waals surface area contributed by atoms with Gasteiger partial charge in [0.15, 0.2) is 0 Å². The van der Waals surface area contributed by atoms with Crippen LogP contribution < -0.4 is 20.1 Å². The number of amides is 1. The van der Waals surface area contributed by atoms with Crippen molar-refractivity contribution in [3.8, 4) is 11.5 Å². The van der Waals surface area contributed by atoms with E-state index in [0.29, 0.717) is 0 Å². The molecule has 0 saturated carbocycles. The summed E-state index contributed by atoms with van der Waals surface area (Å²) in [7, 11) is 3.32. The highest BCUT2D eigenvalue weighted by Crippen LogP contribution is 2.24. The summed E-state index contributed by atoms with van der Waals surface area (Å²) in [6.07, 6.45) is 1.61. The Labute approximate surface area is 148 Å². The summed E-state index contributed by atoms with van der Waals surface area (Å²) in [5.74, 6) is 1.74. The minimum Gasteiger partial charge on any atom is -0.497 e. The van der Waals surface area contributed by atoms with Crippen LogP contribution in [0.5, 0.6) is 11.5 Å². The van der Waals surface area contributed by atoms with Gasteiger partial charge in [-0.1, -0.05) is 24.3 Å². The van der Waals surface area contributed by atoms with Gasteiger partial charge in [-0.15, -0.1) is 0 Å². The number of carbonyl (C=O) groups is 1. The number of methoxy groups -OCH3 is 2. The molecule has 0 spiro atoms. The predicted molar refractivity (Wildman–Crippen MR) is 97.0 cm³/mol. The van der Waals surface area contributed by atoms with Gasteiger partial charge in [0.2, 0.25) is 5.91 Å². The average molecular weight is 340 g/mol. The second kappa shape index (κ2) is 8.03. The van der Waals surface area contributed by atoms with Crippen LogP contribution in [0.15, 0.2) is 48.5 Å².